The van der Waals surface area contributed by atoms with E-state index in [0.29, 0.717) is 5.56 Å². The van der Waals surface area contributed by atoms with Crippen LogP contribution >= 0.6 is 0 Å². The van der Waals surface area contributed by atoms with Crippen molar-refractivity contribution in [1.82, 2.24) is 4.72 Å². The van der Waals surface area contributed by atoms with Gasteiger partial charge in [0.25, 0.3) is 5.69 Å². The van der Waals surface area contributed by atoms with Crippen LogP contribution in [-0.2, 0) is 10.0 Å². The Bertz CT molecular complexity index is 527. The number of nitrogens with two attached hydrogens (primary N) is 1. The number of hydrogen-bond acceptors (Lipinski definition) is 5. The lowest BCUT2D eigenvalue weighted by atomic mass is 10.2. The molecule has 0 unspecified atom stereocenters. The average molecular weight is 259 g/mol. The lowest BCUT2D eigenvalue weighted by molar-refractivity contribution is -0.385. The van der Waals surface area contributed by atoms with Gasteiger partial charge in [0.2, 0.25) is 10.0 Å². The highest BCUT2D eigenvalue weighted by molar-refractivity contribution is 7.89. The molecule has 0 aliphatic carbocycles. The monoisotopic (exact) mass is 259 g/mol. The number of rotatable bonds is 5. The molecule has 0 aliphatic heterocycles. The zero-order valence-corrected chi connectivity index (χ0v) is 10.0. The maximum absolute atomic E-state index is 11.8. The summed E-state index contributed by atoms with van der Waals surface area (Å²) in [6, 6.07) is 3.59. The largest absolute Gasteiger partial charge is 0.329 e. The topological polar surface area (TPSA) is 115 Å². The van der Waals surface area contributed by atoms with Crippen LogP contribution in [0.2, 0.25) is 0 Å². The second-order valence-corrected chi connectivity index (χ2v) is 5.13. The number of nitro groups is 1. The molecule has 0 aromatic heterocycles. The molecule has 1 aromatic carbocycles. The van der Waals surface area contributed by atoms with E-state index in [1.54, 1.807) is 0 Å². The summed E-state index contributed by atoms with van der Waals surface area (Å²) >= 11 is 0. The fourth-order valence-electron chi connectivity index (χ4n) is 1.32. The lowest BCUT2D eigenvalue weighted by Crippen LogP contribution is -2.29. The van der Waals surface area contributed by atoms with Gasteiger partial charge in [0.15, 0.2) is 0 Å². The average Bonchev–Trinajstić information content (AvgIpc) is 2.25. The van der Waals surface area contributed by atoms with E-state index < -0.39 is 14.9 Å². The standard InChI is InChI=1S/C9H13N3O4S/c1-7-6-8(12(13)14)2-3-9(7)17(15,16)11-5-4-10/h2-3,6,11H,4-5,10H2,1H3. The number of benzene rings is 1. The maximum Gasteiger partial charge on any atom is 0.269 e. The van der Waals surface area contributed by atoms with Crippen LogP contribution in [0.4, 0.5) is 5.69 Å². The van der Waals surface area contributed by atoms with E-state index >= 15 is 0 Å². The highest BCUT2D eigenvalue weighted by Crippen LogP contribution is 2.20. The zero-order valence-electron chi connectivity index (χ0n) is 9.21. The third kappa shape index (κ3) is 3.22. The van der Waals surface area contributed by atoms with Gasteiger partial charge in [0.1, 0.15) is 0 Å². The summed E-state index contributed by atoms with van der Waals surface area (Å²) in [7, 11) is -3.65. The van der Waals surface area contributed by atoms with E-state index in [1.807, 2.05) is 0 Å². The van der Waals surface area contributed by atoms with Crippen molar-refractivity contribution in [2.75, 3.05) is 13.1 Å². The van der Waals surface area contributed by atoms with E-state index in [4.69, 9.17) is 5.73 Å². The number of non-ortho nitro benzene ring substituents is 1. The predicted molar refractivity (Wildman–Crippen MR) is 62.1 cm³/mol. The molecule has 1 aromatic rings. The molecule has 0 saturated carbocycles. The molecular formula is C9H13N3O4S. The smallest absolute Gasteiger partial charge is 0.269 e. The number of nitrogens with zero attached hydrogens (tertiary/aromatic N) is 1. The van der Waals surface area contributed by atoms with Crippen molar-refractivity contribution >= 4 is 15.7 Å². The second kappa shape index (κ2) is 5.21. The van der Waals surface area contributed by atoms with E-state index in [1.165, 1.54) is 19.1 Å². The van der Waals surface area contributed by atoms with Crippen LogP contribution in [0.15, 0.2) is 23.1 Å². The molecule has 1 rings (SSSR count). The predicted octanol–water partition coefficient (Wildman–Crippen LogP) is 0.140. The number of aryl methyl sites for hydroxylation is 1. The minimum absolute atomic E-state index is 0.0246. The first-order chi connectivity index (χ1) is 7.88. The Balaban J connectivity index is 3.12. The van der Waals surface area contributed by atoms with Gasteiger partial charge in [0.05, 0.1) is 9.82 Å². The third-order valence-electron chi connectivity index (χ3n) is 2.10. The highest BCUT2D eigenvalue weighted by atomic mass is 32.2. The molecule has 94 valence electrons. The van der Waals surface area contributed by atoms with Crippen LogP contribution < -0.4 is 10.5 Å². The van der Waals surface area contributed by atoms with Gasteiger partial charge in [0, 0.05) is 25.2 Å². The van der Waals surface area contributed by atoms with Crippen LogP contribution in [0.1, 0.15) is 5.56 Å². The number of sulfonamides is 1. The summed E-state index contributed by atoms with van der Waals surface area (Å²) in [6.45, 7) is 1.81. The van der Waals surface area contributed by atoms with Crippen LogP contribution in [0.3, 0.4) is 0 Å². The van der Waals surface area contributed by atoms with E-state index in [2.05, 4.69) is 4.72 Å². The molecule has 0 spiro atoms. The summed E-state index contributed by atoms with van der Waals surface area (Å²) in [4.78, 5) is 9.96. The van der Waals surface area contributed by atoms with Crippen molar-refractivity contribution in [3.05, 3.63) is 33.9 Å². The molecule has 0 fully saturated rings. The van der Waals surface area contributed by atoms with Gasteiger partial charge in [-0.15, -0.1) is 0 Å². The summed E-state index contributed by atoms with van der Waals surface area (Å²) in [5.41, 5.74) is 5.38. The van der Waals surface area contributed by atoms with Crippen LogP contribution in [0.25, 0.3) is 0 Å². The van der Waals surface area contributed by atoms with Gasteiger partial charge < -0.3 is 5.73 Å². The van der Waals surface area contributed by atoms with E-state index in [0.717, 1.165) is 6.07 Å². The fraction of sp³-hybridized carbons (Fsp3) is 0.333. The van der Waals surface area contributed by atoms with Crippen LogP contribution in [0.5, 0.6) is 0 Å². The van der Waals surface area contributed by atoms with Crippen molar-refractivity contribution in [3.8, 4) is 0 Å². The molecule has 0 aliphatic rings. The molecule has 7 nitrogen and oxygen atoms in total. The summed E-state index contributed by atoms with van der Waals surface area (Å²) in [6.07, 6.45) is 0. The second-order valence-electron chi connectivity index (χ2n) is 3.39. The summed E-state index contributed by atoms with van der Waals surface area (Å²) in [5, 5.41) is 10.5. The normalized spacial score (nSPS) is 11.4. The number of hydrogen-bond donors (Lipinski definition) is 2. The van der Waals surface area contributed by atoms with Crippen LogP contribution in [-0.4, -0.2) is 26.4 Å². The SMILES string of the molecule is Cc1cc([N+](=O)[O-])ccc1S(=O)(=O)NCCN. The Morgan fingerprint density at radius 1 is 1.47 bits per heavy atom. The molecular weight excluding hydrogens is 246 g/mol. The summed E-state index contributed by atoms with van der Waals surface area (Å²) < 4.78 is 25.8. The third-order valence-corrected chi connectivity index (χ3v) is 3.72. The molecule has 0 saturated heterocycles. The number of nitro benzene ring substituents is 1. The Hall–Kier alpha value is -1.51. The number of nitrogens with one attached hydrogen (secondary N) is 1. The summed E-state index contributed by atoms with van der Waals surface area (Å²) in [5.74, 6) is 0. The minimum Gasteiger partial charge on any atom is -0.329 e. The van der Waals surface area contributed by atoms with Crippen molar-refractivity contribution in [1.29, 1.82) is 0 Å². The van der Waals surface area contributed by atoms with Crippen molar-refractivity contribution < 1.29 is 13.3 Å². The maximum atomic E-state index is 11.8. The molecule has 17 heavy (non-hydrogen) atoms. The van der Waals surface area contributed by atoms with Crippen molar-refractivity contribution in [2.24, 2.45) is 5.73 Å². The van der Waals surface area contributed by atoms with E-state index in [9.17, 15) is 18.5 Å². The van der Waals surface area contributed by atoms with Gasteiger partial charge >= 0.3 is 0 Å². The molecule has 0 heterocycles. The Morgan fingerprint density at radius 3 is 2.59 bits per heavy atom. The molecule has 0 bridgehead atoms. The lowest BCUT2D eigenvalue weighted by Gasteiger charge is -2.07. The first kappa shape index (κ1) is 13.6. The quantitative estimate of drug-likeness (QED) is 0.576. The Kier molecular flexibility index (Phi) is 4.16. The van der Waals surface area contributed by atoms with Gasteiger partial charge in [-0.05, 0) is 18.6 Å². The highest BCUT2D eigenvalue weighted by Gasteiger charge is 2.18. The van der Waals surface area contributed by atoms with Crippen molar-refractivity contribution in [3.63, 3.8) is 0 Å². The molecule has 0 atom stereocenters. The fourth-order valence-corrected chi connectivity index (χ4v) is 2.59. The van der Waals surface area contributed by atoms with Gasteiger partial charge in [-0.2, -0.15) is 0 Å². The van der Waals surface area contributed by atoms with Gasteiger partial charge in [-0.3, -0.25) is 10.1 Å². The first-order valence-electron chi connectivity index (χ1n) is 4.83. The Morgan fingerprint density at radius 2 is 2.12 bits per heavy atom. The van der Waals surface area contributed by atoms with E-state index in [-0.39, 0.29) is 23.7 Å². The molecule has 0 amide bonds. The Labute approximate surface area is 98.8 Å². The van der Waals surface area contributed by atoms with Crippen molar-refractivity contribution in [2.45, 2.75) is 11.8 Å². The molecule has 0 radical (unpaired) electrons. The first-order valence-corrected chi connectivity index (χ1v) is 6.31. The minimum atomic E-state index is -3.65. The van der Waals surface area contributed by atoms with Gasteiger partial charge in [-0.1, -0.05) is 0 Å². The van der Waals surface area contributed by atoms with Crippen LogP contribution in [0, 0.1) is 17.0 Å². The zero-order chi connectivity index (χ0) is 13.1. The van der Waals surface area contributed by atoms with Gasteiger partial charge in [-0.25, -0.2) is 13.1 Å². The molecule has 3 N–H and O–H groups in total. The molecule has 8 heteroatoms.